The van der Waals surface area contributed by atoms with E-state index in [1.807, 2.05) is 6.92 Å². The number of fused-ring (bicyclic) bond motifs is 4. The first-order valence-corrected chi connectivity index (χ1v) is 11.9. The minimum Gasteiger partial charge on any atom is -0.385 e. The number of ketones is 1. The summed E-state index contributed by atoms with van der Waals surface area (Å²) >= 11 is 0. The van der Waals surface area contributed by atoms with Gasteiger partial charge >= 0.3 is 0 Å². The van der Waals surface area contributed by atoms with Crippen molar-refractivity contribution < 1.29 is 14.6 Å². The molecule has 4 heteroatoms. The Labute approximate surface area is 191 Å². The summed E-state index contributed by atoms with van der Waals surface area (Å²) in [6.07, 6.45) is 5.72. The molecule has 1 aromatic carbocycles. The molecule has 0 radical (unpaired) electrons. The lowest BCUT2D eigenvalue weighted by Crippen LogP contribution is -2.54. The van der Waals surface area contributed by atoms with Crippen molar-refractivity contribution in [3.63, 3.8) is 0 Å². The SMILES string of the molecule is C=C(C)[C@]1(O)CC[C@H]2[C@@H]3OCC4=CC(=O)CCC4=C3C(c3ccc(N(C)C)cc3)C[C@@]21C. The third-order valence-electron chi connectivity index (χ3n) is 8.88. The first-order chi connectivity index (χ1) is 15.2. The normalized spacial score (nSPS) is 36.2. The summed E-state index contributed by atoms with van der Waals surface area (Å²) in [5.74, 6) is 0.618. The molecule has 5 atom stereocenters. The molecule has 1 unspecified atom stereocenters. The Morgan fingerprint density at radius 3 is 2.59 bits per heavy atom. The Bertz CT molecular complexity index is 1030. The Morgan fingerprint density at radius 1 is 1.22 bits per heavy atom. The van der Waals surface area contributed by atoms with Gasteiger partial charge in [-0.1, -0.05) is 25.6 Å². The molecule has 0 spiro atoms. The molecule has 32 heavy (non-hydrogen) atoms. The maximum Gasteiger partial charge on any atom is 0.156 e. The molecule has 1 heterocycles. The van der Waals surface area contributed by atoms with Gasteiger partial charge in [0.05, 0.1) is 18.3 Å². The monoisotopic (exact) mass is 433 g/mol. The molecule has 0 saturated heterocycles. The van der Waals surface area contributed by atoms with Crippen molar-refractivity contribution >= 4 is 11.5 Å². The highest BCUT2D eigenvalue weighted by atomic mass is 16.5. The summed E-state index contributed by atoms with van der Waals surface area (Å²) < 4.78 is 6.54. The molecule has 4 nitrogen and oxygen atoms in total. The van der Waals surface area contributed by atoms with E-state index < -0.39 is 5.60 Å². The minimum atomic E-state index is -0.877. The van der Waals surface area contributed by atoms with Crippen LogP contribution in [0, 0.1) is 11.3 Å². The smallest absolute Gasteiger partial charge is 0.156 e. The van der Waals surface area contributed by atoms with Crippen molar-refractivity contribution in [2.45, 2.75) is 63.6 Å². The highest BCUT2D eigenvalue weighted by molar-refractivity contribution is 5.93. The van der Waals surface area contributed by atoms with Crippen LogP contribution in [0.1, 0.15) is 57.4 Å². The molecule has 170 valence electrons. The van der Waals surface area contributed by atoms with Crippen LogP contribution in [-0.2, 0) is 9.53 Å². The molecular weight excluding hydrogens is 398 g/mol. The summed E-state index contributed by atoms with van der Waals surface area (Å²) in [6, 6.07) is 8.81. The third kappa shape index (κ3) is 2.99. The van der Waals surface area contributed by atoms with Crippen LogP contribution in [0.2, 0.25) is 0 Å². The lowest BCUT2D eigenvalue weighted by Gasteiger charge is -2.54. The van der Waals surface area contributed by atoms with Gasteiger partial charge in [-0.25, -0.2) is 0 Å². The molecule has 5 rings (SSSR count). The first-order valence-electron chi connectivity index (χ1n) is 11.9. The third-order valence-corrected chi connectivity index (χ3v) is 8.88. The van der Waals surface area contributed by atoms with Gasteiger partial charge in [-0.2, -0.15) is 0 Å². The number of nitrogens with zero attached hydrogens (tertiary/aromatic N) is 1. The summed E-state index contributed by atoms with van der Waals surface area (Å²) in [5, 5.41) is 11.8. The van der Waals surface area contributed by atoms with Gasteiger partial charge in [-0.3, -0.25) is 4.79 Å². The maximum atomic E-state index is 12.1. The van der Waals surface area contributed by atoms with Gasteiger partial charge < -0.3 is 14.7 Å². The van der Waals surface area contributed by atoms with Crippen molar-refractivity contribution in [2.75, 3.05) is 25.6 Å². The molecule has 3 aliphatic carbocycles. The van der Waals surface area contributed by atoms with Gasteiger partial charge in [-0.15, -0.1) is 0 Å². The average Bonchev–Trinajstić information content (AvgIpc) is 3.04. The lowest BCUT2D eigenvalue weighted by molar-refractivity contribution is -0.115. The Kier molecular flexibility index (Phi) is 5.03. The predicted octanol–water partition coefficient (Wildman–Crippen LogP) is 4.95. The second-order valence-corrected chi connectivity index (χ2v) is 10.7. The van der Waals surface area contributed by atoms with Crippen LogP contribution in [-0.4, -0.2) is 43.3 Å². The number of aliphatic hydroxyl groups is 1. The van der Waals surface area contributed by atoms with Crippen molar-refractivity contribution in [3.05, 3.63) is 64.8 Å². The minimum absolute atomic E-state index is 0.0130. The molecule has 0 amide bonds. The zero-order chi connectivity index (χ0) is 22.8. The topological polar surface area (TPSA) is 49.8 Å². The Balaban J connectivity index is 1.67. The van der Waals surface area contributed by atoms with Gasteiger partial charge in [0.25, 0.3) is 0 Å². The molecule has 4 aliphatic rings. The predicted molar refractivity (Wildman–Crippen MR) is 128 cm³/mol. The molecule has 1 N–H and O–H groups in total. The van der Waals surface area contributed by atoms with Crippen LogP contribution in [0.4, 0.5) is 5.69 Å². The molecular formula is C28H35NO3. The van der Waals surface area contributed by atoms with Gasteiger partial charge in [0.1, 0.15) is 0 Å². The van der Waals surface area contributed by atoms with E-state index in [1.54, 1.807) is 6.08 Å². The highest BCUT2D eigenvalue weighted by Gasteiger charge is 2.63. The van der Waals surface area contributed by atoms with E-state index in [0.29, 0.717) is 13.0 Å². The standard InChI is InChI=1S/C28H35NO3/c1-17(2)28(31)13-12-24-26-25(22-11-10-21(30)14-19(22)16-32-26)23(15-27(24,28)3)18-6-8-20(9-7-18)29(4)5/h6-9,14,23-24,26,31H,1,10-13,15-16H2,2-5H3/t23?,24-,26-,27-,28+/m0/s1. The molecule has 0 aromatic heterocycles. The largest absolute Gasteiger partial charge is 0.385 e. The van der Waals surface area contributed by atoms with Gasteiger partial charge in [0.2, 0.25) is 0 Å². The summed E-state index contributed by atoms with van der Waals surface area (Å²) in [7, 11) is 4.11. The summed E-state index contributed by atoms with van der Waals surface area (Å²) in [4.78, 5) is 14.2. The Hall–Kier alpha value is -2.17. The fraction of sp³-hybridized carbons (Fsp3) is 0.536. The van der Waals surface area contributed by atoms with Crippen molar-refractivity contribution in [1.29, 1.82) is 0 Å². The number of allylic oxidation sites excluding steroid dienone is 1. The number of hydrogen-bond acceptors (Lipinski definition) is 4. The number of carbonyl (C=O) groups excluding carboxylic acids is 1. The molecule has 0 bridgehead atoms. The quantitative estimate of drug-likeness (QED) is 0.686. The maximum absolute atomic E-state index is 12.1. The van der Waals surface area contributed by atoms with E-state index >= 15 is 0 Å². The van der Waals surface area contributed by atoms with E-state index in [0.717, 1.165) is 36.8 Å². The second-order valence-electron chi connectivity index (χ2n) is 10.7. The van der Waals surface area contributed by atoms with E-state index in [9.17, 15) is 9.90 Å². The number of carbonyl (C=O) groups is 1. The van der Waals surface area contributed by atoms with Gasteiger partial charge in [0.15, 0.2) is 5.78 Å². The highest BCUT2D eigenvalue weighted by Crippen LogP contribution is 2.65. The van der Waals surface area contributed by atoms with E-state index in [4.69, 9.17) is 4.74 Å². The average molecular weight is 434 g/mol. The van der Waals surface area contributed by atoms with E-state index in [1.165, 1.54) is 22.4 Å². The van der Waals surface area contributed by atoms with Crippen molar-refractivity contribution in [2.24, 2.45) is 11.3 Å². The van der Waals surface area contributed by atoms with Crippen molar-refractivity contribution in [1.82, 2.24) is 0 Å². The van der Waals surface area contributed by atoms with Crippen LogP contribution in [0.5, 0.6) is 0 Å². The van der Waals surface area contributed by atoms with Crippen LogP contribution in [0.15, 0.2) is 59.2 Å². The van der Waals surface area contributed by atoms with Gasteiger partial charge in [-0.05, 0) is 84.6 Å². The van der Waals surface area contributed by atoms with Crippen molar-refractivity contribution in [3.8, 4) is 0 Å². The summed E-state index contributed by atoms with van der Waals surface area (Å²) in [5.41, 5.74) is 5.89. The van der Waals surface area contributed by atoms with E-state index in [-0.39, 0.29) is 29.1 Å². The zero-order valence-corrected chi connectivity index (χ0v) is 19.8. The molecule has 2 fully saturated rings. The zero-order valence-electron chi connectivity index (χ0n) is 19.8. The number of anilines is 1. The van der Waals surface area contributed by atoms with Gasteiger partial charge in [0, 0.05) is 37.5 Å². The fourth-order valence-corrected chi connectivity index (χ4v) is 7.02. The van der Waals surface area contributed by atoms with Crippen LogP contribution in [0.25, 0.3) is 0 Å². The molecule has 2 saturated carbocycles. The number of benzene rings is 1. The fourth-order valence-electron chi connectivity index (χ4n) is 7.02. The van der Waals surface area contributed by atoms with Crippen LogP contribution >= 0.6 is 0 Å². The molecule has 1 aliphatic heterocycles. The summed E-state index contributed by atoms with van der Waals surface area (Å²) in [6.45, 7) is 8.92. The van der Waals surface area contributed by atoms with Crippen LogP contribution in [0.3, 0.4) is 0 Å². The van der Waals surface area contributed by atoms with E-state index in [2.05, 4.69) is 56.8 Å². The lowest BCUT2D eigenvalue weighted by atomic mass is 9.54. The number of rotatable bonds is 3. The number of ether oxygens (including phenoxy) is 1. The first kappa shape index (κ1) is 21.7. The number of hydrogen-bond donors (Lipinski definition) is 1. The Morgan fingerprint density at radius 2 is 1.94 bits per heavy atom. The van der Waals surface area contributed by atoms with Crippen LogP contribution < -0.4 is 4.90 Å². The second kappa shape index (κ2) is 7.43. The molecule has 1 aromatic rings.